The molecule has 26 heavy (non-hydrogen) atoms. The maximum absolute atomic E-state index is 12.3. The number of carbonyl (C=O) groups excluding carboxylic acids is 1. The van der Waals surface area contributed by atoms with Gasteiger partial charge in [0.2, 0.25) is 5.91 Å². The second-order valence-corrected chi connectivity index (χ2v) is 6.90. The molecule has 142 valence electrons. The fourth-order valence-electron chi connectivity index (χ4n) is 3.20. The number of furan rings is 1. The number of aryl methyl sites for hydroxylation is 3. The zero-order valence-corrected chi connectivity index (χ0v) is 15.6. The highest BCUT2D eigenvalue weighted by Gasteiger charge is 2.26. The number of hydrogen-bond donors (Lipinski definition) is 1. The molecular weight excluding hydrogens is 332 g/mol. The molecule has 3 rings (SSSR count). The second kappa shape index (κ2) is 9.00. The quantitative estimate of drug-likeness (QED) is 0.728. The van der Waals surface area contributed by atoms with Crippen LogP contribution >= 0.6 is 0 Å². The summed E-state index contributed by atoms with van der Waals surface area (Å²) in [6.07, 6.45) is 5.16. The van der Waals surface area contributed by atoms with Crippen LogP contribution in [-0.2, 0) is 22.6 Å². The lowest BCUT2D eigenvalue weighted by Crippen LogP contribution is -2.47. The Bertz CT molecular complexity index is 709. The zero-order valence-electron chi connectivity index (χ0n) is 15.6. The van der Waals surface area contributed by atoms with Crippen molar-refractivity contribution in [3.05, 3.63) is 41.6 Å². The summed E-state index contributed by atoms with van der Waals surface area (Å²) < 4.78 is 13.2. The van der Waals surface area contributed by atoms with Crippen molar-refractivity contribution >= 4 is 5.91 Å². The van der Waals surface area contributed by atoms with Gasteiger partial charge in [-0.25, -0.2) is 0 Å². The minimum Gasteiger partial charge on any atom is -0.465 e. The minimum absolute atomic E-state index is 0.0674. The van der Waals surface area contributed by atoms with Crippen LogP contribution in [0, 0.1) is 13.8 Å². The number of morpholine rings is 1. The minimum atomic E-state index is 0.0674. The number of nitrogens with one attached hydrogen (secondary N) is 1. The molecule has 1 saturated heterocycles. The van der Waals surface area contributed by atoms with Crippen LogP contribution in [0.25, 0.3) is 0 Å². The lowest BCUT2D eigenvalue weighted by Gasteiger charge is -2.34. The molecule has 0 radical (unpaired) electrons. The fraction of sp³-hybridized carbons (Fsp3) is 0.579. The molecule has 3 heterocycles. The van der Waals surface area contributed by atoms with Crippen LogP contribution in [0.3, 0.4) is 0 Å². The van der Waals surface area contributed by atoms with E-state index in [1.165, 1.54) is 0 Å². The standard InChI is InChI=1S/C19H28N4O3/c1-15-11-21-23(12-15)7-3-6-20-19(24)10-17-14-25-9-8-22(17)13-18-5-4-16(2)26-18/h4-5,11-12,17H,3,6-10,13-14H2,1-2H3,(H,20,24)/t17-/m1/s1. The van der Waals surface area contributed by atoms with Crippen LogP contribution in [0.4, 0.5) is 0 Å². The van der Waals surface area contributed by atoms with Gasteiger partial charge in [0.1, 0.15) is 11.5 Å². The van der Waals surface area contributed by atoms with Gasteiger partial charge in [-0.15, -0.1) is 0 Å². The van der Waals surface area contributed by atoms with Crippen molar-refractivity contribution in [1.82, 2.24) is 20.0 Å². The van der Waals surface area contributed by atoms with Crippen LogP contribution < -0.4 is 5.32 Å². The summed E-state index contributed by atoms with van der Waals surface area (Å²) in [7, 11) is 0. The van der Waals surface area contributed by atoms with Crippen molar-refractivity contribution in [3.8, 4) is 0 Å². The van der Waals surface area contributed by atoms with Crippen molar-refractivity contribution in [1.29, 1.82) is 0 Å². The van der Waals surface area contributed by atoms with Gasteiger partial charge in [0.25, 0.3) is 0 Å². The van der Waals surface area contributed by atoms with Gasteiger partial charge in [0.05, 0.1) is 26.0 Å². The van der Waals surface area contributed by atoms with E-state index in [-0.39, 0.29) is 11.9 Å². The van der Waals surface area contributed by atoms with E-state index in [9.17, 15) is 4.79 Å². The van der Waals surface area contributed by atoms with Gasteiger partial charge in [-0.3, -0.25) is 14.4 Å². The highest BCUT2D eigenvalue weighted by molar-refractivity contribution is 5.76. The Morgan fingerprint density at radius 3 is 3.00 bits per heavy atom. The number of carbonyl (C=O) groups is 1. The van der Waals surface area contributed by atoms with Crippen molar-refractivity contribution in [2.75, 3.05) is 26.3 Å². The third-order valence-electron chi connectivity index (χ3n) is 4.57. The number of rotatable bonds is 8. The van der Waals surface area contributed by atoms with E-state index < -0.39 is 0 Å². The first kappa shape index (κ1) is 18.7. The topological polar surface area (TPSA) is 72.5 Å². The molecular formula is C19H28N4O3. The summed E-state index contributed by atoms with van der Waals surface area (Å²) in [6, 6.07) is 4.06. The summed E-state index contributed by atoms with van der Waals surface area (Å²) in [4.78, 5) is 14.6. The molecule has 0 bridgehead atoms. The molecule has 2 aromatic heterocycles. The van der Waals surface area contributed by atoms with E-state index in [0.29, 0.717) is 32.7 Å². The summed E-state index contributed by atoms with van der Waals surface area (Å²) in [6.45, 7) is 8.24. The molecule has 1 amide bonds. The largest absolute Gasteiger partial charge is 0.465 e. The van der Waals surface area contributed by atoms with Crippen LogP contribution in [0.15, 0.2) is 28.9 Å². The van der Waals surface area contributed by atoms with Crippen LogP contribution in [0.1, 0.15) is 29.9 Å². The van der Waals surface area contributed by atoms with Gasteiger partial charge >= 0.3 is 0 Å². The third-order valence-corrected chi connectivity index (χ3v) is 4.57. The Morgan fingerprint density at radius 1 is 1.38 bits per heavy atom. The fourth-order valence-corrected chi connectivity index (χ4v) is 3.20. The average Bonchev–Trinajstić information content (AvgIpc) is 3.21. The highest BCUT2D eigenvalue weighted by atomic mass is 16.5. The summed E-state index contributed by atoms with van der Waals surface area (Å²) in [5.74, 6) is 1.91. The van der Waals surface area contributed by atoms with Gasteiger partial charge in [0.15, 0.2) is 0 Å². The number of amides is 1. The summed E-state index contributed by atoms with van der Waals surface area (Å²) in [5.41, 5.74) is 1.15. The molecule has 0 unspecified atom stereocenters. The van der Waals surface area contributed by atoms with Crippen molar-refractivity contribution in [2.45, 2.75) is 45.8 Å². The molecule has 0 saturated carbocycles. The van der Waals surface area contributed by atoms with Crippen molar-refractivity contribution in [3.63, 3.8) is 0 Å². The van der Waals surface area contributed by atoms with E-state index in [4.69, 9.17) is 9.15 Å². The Kier molecular flexibility index (Phi) is 6.46. The SMILES string of the molecule is Cc1cnn(CCCNC(=O)C[C@@H]2COCCN2Cc2ccc(C)o2)c1. The molecule has 0 aromatic carbocycles. The number of aromatic nitrogens is 2. The first-order valence-corrected chi connectivity index (χ1v) is 9.23. The van der Waals surface area contributed by atoms with E-state index in [0.717, 1.165) is 36.6 Å². The van der Waals surface area contributed by atoms with Crippen LogP contribution in [0.2, 0.25) is 0 Å². The predicted molar refractivity (Wildman–Crippen MR) is 97.7 cm³/mol. The molecule has 1 fully saturated rings. The summed E-state index contributed by atoms with van der Waals surface area (Å²) >= 11 is 0. The number of nitrogens with zero attached hydrogens (tertiary/aromatic N) is 3. The Balaban J connectivity index is 1.41. The molecule has 1 aliphatic heterocycles. The Morgan fingerprint density at radius 2 is 2.27 bits per heavy atom. The molecule has 0 spiro atoms. The average molecular weight is 360 g/mol. The van der Waals surface area contributed by atoms with Crippen LogP contribution in [0.5, 0.6) is 0 Å². The van der Waals surface area contributed by atoms with Gasteiger partial charge in [-0.1, -0.05) is 0 Å². The molecule has 1 aliphatic rings. The predicted octanol–water partition coefficient (Wildman–Crippen LogP) is 1.89. The molecule has 0 aliphatic carbocycles. The molecule has 1 N–H and O–H groups in total. The smallest absolute Gasteiger partial charge is 0.221 e. The van der Waals surface area contributed by atoms with E-state index >= 15 is 0 Å². The zero-order chi connectivity index (χ0) is 18.4. The van der Waals surface area contributed by atoms with E-state index in [1.807, 2.05) is 43.1 Å². The molecule has 7 nitrogen and oxygen atoms in total. The van der Waals surface area contributed by atoms with Crippen molar-refractivity contribution < 1.29 is 13.9 Å². The van der Waals surface area contributed by atoms with Gasteiger partial charge in [-0.2, -0.15) is 5.10 Å². The maximum Gasteiger partial charge on any atom is 0.221 e. The molecule has 1 atom stereocenters. The first-order chi connectivity index (χ1) is 12.6. The molecule has 2 aromatic rings. The van der Waals surface area contributed by atoms with Gasteiger partial charge in [-0.05, 0) is 38.0 Å². The van der Waals surface area contributed by atoms with Crippen molar-refractivity contribution in [2.24, 2.45) is 0 Å². The van der Waals surface area contributed by atoms with E-state index in [2.05, 4.69) is 15.3 Å². The Hall–Kier alpha value is -2.12. The summed E-state index contributed by atoms with van der Waals surface area (Å²) in [5, 5.41) is 7.26. The van der Waals surface area contributed by atoms with E-state index in [1.54, 1.807) is 0 Å². The lowest BCUT2D eigenvalue weighted by atomic mass is 10.1. The lowest BCUT2D eigenvalue weighted by molar-refractivity contribution is -0.124. The highest BCUT2D eigenvalue weighted by Crippen LogP contribution is 2.16. The monoisotopic (exact) mass is 360 g/mol. The second-order valence-electron chi connectivity index (χ2n) is 6.90. The number of hydrogen-bond acceptors (Lipinski definition) is 5. The molecule has 7 heteroatoms. The normalized spacial score (nSPS) is 18.2. The Labute approximate surface area is 154 Å². The first-order valence-electron chi connectivity index (χ1n) is 9.23. The van der Waals surface area contributed by atoms with Gasteiger partial charge < -0.3 is 14.5 Å². The number of ether oxygens (including phenoxy) is 1. The van der Waals surface area contributed by atoms with Gasteiger partial charge in [0, 0.05) is 38.3 Å². The third kappa shape index (κ3) is 5.44. The maximum atomic E-state index is 12.3. The van der Waals surface area contributed by atoms with Crippen LogP contribution in [-0.4, -0.2) is 52.9 Å².